The van der Waals surface area contributed by atoms with Crippen molar-refractivity contribution in [2.45, 2.75) is 26.2 Å². The third-order valence-corrected chi connectivity index (χ3v) is 1.36. The number of hydrogen-bond donors (Lipinski definition) is 0. The highest BCUT2D eigenvalue weighted by Gasteiger charge is 2.22. The fourth-order valence-electron chi connectivity index (χ4n) is 0.708. The molecule has 0 saturated carbocycles. The highest BCUT2D eigenvalue weighted by atomic mass is 19.3. The zero-order valence-corrected chi connectivity index (χ0v) is 6.02. The summed E-state index contributed by atoms with van der Waals surface area (Å²) in [7, 11) is 0. The van der Waals surface area contributed by atoms with E-state index >= 15 is 0 Å². The van der Waals surface area contributed by atoms with Gasteiger partial charge in [-0.1, -0.05) is 6.92 Å². The number of carbonyl (C=O) groups excluding carboxylic acids is 1. The van der Waals surface area contributed by atoms with Crippen molar-refractivity contribution in [3.63, 3.8) is 0 Å². The van der Waals surface area contributed by atoms with Crippen LogP contribution in [0.1, 0.15) is 19.8 Å². The summed E-state index contributed by atoms with van der Waals surface area (Å²) < 4.78 is 34.5. The molecule has 0 aliphatic heterocycles. The fraction of sp³-hybridized carbons (Fsp3) is 0.833. The van der Waals surface area contributed by atoms with Crippen LogP contribution in [0.25, 0.3) is 0 Å². The Morgan fingerprint density at radius 1 is 1.55 bits per heavy atom. The van der Waals surface area contributed by atoms with Crippen LogP contribution in [0.4, 0.5) is 13.3 Å². The van der Waals surface area contributed by atoms with E-state index in [-0.39, 0.29) is 6.42 Å². The van der Waals surface area contributed by atoms with Crippen molar-refractivity contribution in [1.82, 2.24) is 0 Å². The molecule has 0 amide bonds. The maximum atomic E-state index is 11.6. The van der Waals surface area contributed by atoms with Gasteiger partial charge >= 0.3 is 5.97 Å². The Hall–Kier alpha value is -0.740. The van der Waals surface area contributed by atoms with Gasteiger partial charge in [-0.15, -0.1) is 0 Å². The SMILES string of the molecule is CCC(CC(F)F)C(=O)OF. The molecule has 0 spiro atoms. The van der Waals surface area contributed by atoms with Crippen molar-refractivity contribution in [1.29, 1.82) is 0 Å². The van der Waals surface area contributed by atoms with E-state index < -0.39 is 24.7 Å². The van der Waals surface area contributed by atoms with Gasteiger partial charge in [0.1, 0.15) is 0 Å². The lowest BCUT2D eigenvalue weighted by atomic mass is 10.0. The fourth-order valence-corrected chi connectivity index (χ4v) is 0.708. The first kappa shape index (κ1) is 10.3. The molecule has 0 N–H and O–H groups in total. The standard InChI is InChI=1S/C6H9F3O2/c1-2-4(3-5(7)8)6(10)11-9/h4-5H,2-3H2,1H3. The van der Waals surface area contributed by atoms with Gasteiger partial charge < -0.3 is 0 Å². The molecule has 0 aromatic carbocycles. The first-order valence-corrected chi connectivity index (χ1v) is 3.22. The van der Waals surface area contributed by atoms with Crippen LogP contribution in [0.15, 0.2) is 0 Å². The molecule has 11 heavy (non-hydrogen) atoms. The van der Waals surface area contributed by atoms with Crippen molar-refractivity contribution in [3.05, 3.63) is 0 Å². The first-order valence-electron chi connectivity index (χ1n) is 3.22. The Bertz CT molecular complexity index is 127. The highest BCUT2D eigenvalue weighted by Crippen LogP contribution is 2.15. The van der Waals surface area contributed by atoms with Crippen molar-refractivity contribution < 1.29 is 23.0 Å². The van der Waals surface area contributed by atoms with Gasteiger partial charge in [-0.05, 0) is 6.42 Å². The van der Waals surface area contributed by atoms with Gasteiger partial charge in [0.05, 0.1) is 5.92 Å². The van der Waals surface area contributed by atoms with Crippen molar-refractivity contribution in [3.8, 4) is 0 Å². The van der Waals surface area contributed by atoms with Crippen molar-refractivity contribution in [2.75, 3.05) is 0 Å². The molecule has 0 rings (SSSR count). The number of rotatable bonds is 4. The molecule has 1 unspecified atom stereocenters. The van der Waals surface area contributed by atoms with E-state index in [1.807, 2.05) is 0 Å². The third-order valence-electron chi connectivity index (χ3n) is 1.36. The van der Waals surface area contributed by atoms with Crippen molar-refractivity contribution in [2.24, 2.45) is 5.92 Å². The van der Waals surface area contributed by atoms with Gasteiger partial charge in [-0.2, -0.15) is 0 Å². The summed E-state index contributed by atoms with van der Waals surface area (Å²) in [5.41, 5.74) is 0. The van der Waals surface area contributed by atoms with E-state index in [0.29, 0.717) is 0 Å². The van der Waals surface area contributed by atoms with Crippen molar-refractivity contribution >= 4 is 5.97 Å². The summed E-state index contributed by atoms with van der Waals surface area (Å²) in [5.74, 6) is -2.24. The van der Waals surface area contributed by atoms with E-state index in [9.17, 15) is 18.1 Å². The summed E-state index contributed by atoms with van der Waals surface area (Å²) in [6.07, 6.45) is -3.08. The number of carbonyl (C=O) groups is 1. The molecule has 2 nitrogen and oxygen atoms in total. The molecule has 5 heteroatoms. The molecule has 0 heterocycles. The largest absolute Gasteiger partial charge is 0.352 e. The van der Waals surface area contributed by atoms with E-state index in [4.69, 9.17) is 0 Å². The quantitative estimate of drug-likeness (QED) is 0.645. The molecular formula is C6H9F3O2. The molecule has 0 bridgehead atoms. The molecule has 1 atom stereocenters. The lowest BCUT2D eigenvalue weighted by Gasteiger charge is -2.07. The summed E-state index contributed by atoms with van der Waals surface area (Å²) in [5, 5.41) is 0. The molecule has 0 aromatic rings. The van der Waals surface area contributed by atoms with Crippen LogP contribution in [0.5, 0.6) is 0 Å². The summed E-state index contributed by atoms with van der Waals surface area (Å²) >= 11 is 0. The van der Waals surface area contributed by atoms with Gasteiger partial charge in [-0.25, -0.2) is 13.6 Å². The molecule has 0 radical (unpaired) electrons. The van der Waals surface area contributed by atoms with Gasteiger partial charge in [0.25, 0.3) is 0 Å². The Labute approximate surface area is 62.2 Å². The van der Waals surface area contributed by atoms with E-state index in [2.05, 4.69) is 4.94 Å². The van der Waals surface area contributed by atoms with Gasteiger partial charge in [0.2, 0.25) is 6.43 Å². The van der Waals surface area contributed by atoms with E-state index in [0.717, 1.165) is 0 Å². The average Bonchev–Trinajstić information content (AvgIpc) is 1.98. The van der Waals surface area contributed by atoms with E-state index in [1.54, 1.807) is 0 Å². The van der Waals surface area contributed by atoms with Crippen LogP contribution in [0.2, 0.25) is 0 Å². The Balaban J connectivity index is 3.84. The van der Waals surface area contributed by atoms with Crippen LogP contribution in [-0.4, -0.2) is 12.4 Å². The van der Waals surface area contributed by atoms with Crippen LogP contribution in [-0.2, 0) is 9.74 Å². The normalized spacial score (nSPS) is 13.2. The molecule has 66 valence electrons. The van der Waals surface area contributed by atoms with Crippen LogP contribution < -0.4 is 0 Å². The predicted molar refractivity (Wildman–Crippen MR) is 31.6 cm³/mol. The topological polar surface area (TPSA) is 26.3 Å². The lowest BCUT2D eigenvalue weighted by Crippen LogP contribution is -2.16. The molecule has 0 aliphatic carbocycles. The highest BCUT2D eigenvalue weighted by molar-refractivity contribution is 5.71. The summed E-state index contributed by atoms with van der Waals surface area (Å²) in [4.78, 5) is 13.2. The minimum absolute atomic E-state index is 0.160. The smallest absolute Gasteiger partial charge is 0.255 e. The number of alkyl halides is 2. The molecule has 0 aromatic heterocycles. The molecular weight excluding hydrogens is 161 g/mol. The second-order valence-corrected chi connectivity index (χ2v) is 2.13. The van der Waals surface area contributed by atoms with Gasteiger partial charge in [0, 0.05) is 10.9 Å². The first-order chi connectivity index (χ1) is 5.11. The monoisotopic (exact) mass is 170 g/mol. The van der Waals surface area contributed by atoms with E-state index in [1.165, 1.54) is 6.92 Å². The Kier molecular flexibility index (Phi) is 4.65. The Morgan fingerprint density at radius 2 is 2.09 bits per heavy atom. The maximum Gasteiger partial charge on any atom is 0.352 e. The Morgan fingerprint density at radius 3 is 2.36 bits per heavy atom. The van der Waals surface area contributed by atoms with Crippen LogP contribution in [0, 0.1) is 5.92 Å². The predicted octanol–water partition coefficient (Wildman–Crippen LogP) is 2.10. The number of hydrogen-bond acceptors (Lipinski definition) is 2. The number of halogens is 3. The molecule has 0 fully saturated rings. The molecule has 0 saturated heterocycles. The lowest BCUT2D eigenvalue weighted by molar-refractivity contribution is -0.190. The van der Waals surface area contributed by atoms with Gasteiger partial charge in [-0.3, -0.25) is 4.94 Å². The maximum absolute atomic E-state index is 11.6. The minimum Gasteiger partial charge on any atom is -0.255 e. The van der Waals surface area contributed by atoms with Crippen LogP contribution >= 0.6 is 0 Å². The van der Waals surface area contributed by atoms with Gasteiger partial charge in [0.15, 0.2) is 0 Å². The second-order valence-electron chi connectivity index (χ2n) is 2.13. The summed E-state index contributed by atoms with van der Waals surface area (Å²) in [6, 6.07) is 0. The third kappa shape index (κ3) is 3.85. The van der Waals surface area contributed by atoms with Crippen LogP contribution in [0.3, 0.4) is 0 Å². The average molecular weight is 170 g/mol. The zero-order valence-electron chi connectivity index (χ0n) is 6.02. The zero-order chi connectivity index (χ0) is 8.85. The summed E-state index contributed by atoms with van der Waals surface area (Å²) in [6.45, 7) is 1.52. The minimum atomic E-state index is -2.60. The molecule has 0 aliphatic rings. The second kappa shape index (κ2) is 4.98.